The van der Waals surface area contributed by atoms with Crippen LogP contribution in [0.4, 0.5) is 0 Å². The molecule has 1 N–H and O–H groups in total. The van der Waals surface area contributed by atoms with E-state index in [0.717, 1.165) is 5.56 Å². The van der Waals surface area contributed by atoms with Crippen molar-refractivity contribution in [3.63, 3.8) is 0 Å². The van der Waals surface area contributed by atoms with Gasteiger partial charge in [-0.2, -0.15) is 10.2 Å². The van der Waals surface area contributed by atoms with Crippen LogP contribution in [0.2, 0.25) is 15.1 Å². The van der Waals surface area contributed by atoms with Crippen molar-refractivity contribution < 1.29 is 9.90 Å². The third-order valence-electron chi connectivity index (χ3n) is 4.23. The number of carbonyl (C=O) groups is 1. The van der Waals surface area contributed by atoms with E-state index in [1.54, 1.807) is 42.5 Å². The summed E-state index contributed by atoms with van der Waals surface area (Å²) in [4.78, 5) is 15.9. The second-order valence-corrected chi connectivity index (χ2v) is 7.37. The van der Waals surface area contributed by atoms with E-state index in [1.165, 1.54) is 22.0 Å². The molecular formula is C19H12Cl3N5O2. The van der Waals surface area contributed by atoms with Gasteiger partial charge in [0.1, 0.15) is 12.7 Å². The quantitative estimate of drug-likeness (QED) is 0.472. The van der Waals surface area contributed by atoms with Gasteiger partial charge in [0, 0.05) is 21.2 Å². The van der Waals surface area contributed by atoms with E-state index in [2.05, 4.69) is 15.2 Å². The van der Waals surface area contributed by atoms with E-state index in [4.69, 9.17) is 34.8 Å². The van der Waals surface area contributed by atoms with Gasteiger partial charge in [-0.1, -0.05) is 46.9 Å². The molecule has 0 atom stereocenters. The molecule has 0 unspecified atom stereocenters. The lowest BCUT2D eigenvalue weighted by Gasteiger charge is -2.12. The topological polar surface area (TPSA) is 85.8 Å². The average Bonchev–Trinajstić information content (AvgIpc) is 3.31. The molecule has 0 bridgehead atoms. The predicted octanol–water partition coefficient (Wildman–Crippen LogP) is 4.84. The van der Waals surface area contributed by atoms with Crippen LogP contribution in [0.1, 0.15) is 16.1 Å². The predicted molar refractivity (Wildman–Crippen MR) is 110 cm³/mol. The lowest BCUT2D eigenvalue weighted by atomic mass is 10.0. The van der Waals surface area contributed by atoms with E-state index in [1.807, 2.05) is 0 Å². The maximum absolute atomic E-state index is 12.0. The number of hydrogen-bond donors (Lipinski definition) is 1. The molecule has 146 valence electrons. The molecule has 29 heavy (non-hydrogen) atoms. The van der Waals surface area contributed by atoms with Crippen LogP contribution in [0, 0.1) is 0 Å². The molecule has 4 rings (SSSR count). The molecular weight excluding hydrogens is 437 g/mol. The molecule has 10 heteroatoms. The van der Waals surface area contributed by atoms with Gasteiger partial charge in [-0.05, 0) is 30.3 Å². The first-order valence-electron chi connectivity index (χ1n) is 8.33. The summed E-state index contributed by atoms with van der Waals surface area (Å²) in [6, 6.07) is 11.9. The minimum atomic E-state index is -1.17. The standard InChI is InChI=1S/C19H12Cl3N5O2/c20-12-3-1-11(2-4-12)18-14(8-26-10-23-9-24-26)17(19(28)29)25-27(18)16-6-5-13(21)7-15(16)22/h1-7,9-10H,8H2,(H,28,29). The van der Waals surface area contributed by atoms with Crippen LogP contribution in [0.15, 0.2) is 55.1 Å². The molecule has 0 amide bonds. The largest absolute Gasteiger partial charge is 0.476 e. The molecule has 0 aliphatic rings. The van der Waals surface area contributed by atoms with Crippen molar-refractivity contribution in [1.29, 1.82) is 0 Å². The van der Waals surface area contributed by atoms with Crippen LogP contribution >= 0.6 is 34.8 Å². The summed E-state index contributed by atoms with van der Waals surface area (Å²) in [6.45, 7) is 0.158. The molecule has 2 aromatic carbocycles. The molecule has 0 spiro atoms. The van der Waals surface area contributed by atoms with Crippen molar-refractivity contribution in [3.8, 4) is 16.9 Å². The number of aromatic nitrogens is 5. The number of hydrogen-bond acceptors (Lipinski definition) is 4. The Kier molecular flexibility index (Phi) is 5.27. The summed E-state index contributed by atoms with van der Waals surface area (Å²) in [6.07, 6.45) is 2.88. The number of halogens is 3. The zero-order valence-electron chi connectivity index (χ0n) is 14.6. The zero-order chi connectivity index (χ0) is 20.5. The van der Waals surface area contributed by atoms with E-state index < -0.39 is 5.97 Å². The van der Waals surface area contributed by atoms with E-state index in [9.17, 15) is 9.90 Å². The van der Waals surface area contributed by atoms with E-state index >= 15 is 0 Å². The number of nitrogens with zero attached hydrogens (tertiary/aromatic N) is 5. The highest BCUT2D eigenvalue weighted by Crippen LogP contribution is 2.34. The molecule has 0 saturated heterocycles. The van der Waals surface area contributed by atoms with Crippen LogP contribution in [-0.2, 0) is 6.54 Å². The number of rotatable bonds is 5. The summed E-state index contributed by atoms with van der Waals surface area (Å²) in [5, 5.41) is 19.6. The molecule has 0 aliphatic heterocycles. The van der Waals surface area contributed by atoms with Crippen LogP contribution in [-0.4, -0.2) is 35.6 Å². The first-order chi connectivity index (χ1) is 13.9. The Hall–Kier alpha value is -2.87. The average molecular weight is 449 g/mol. The zero-order valence-corrected chi connectivity index (χ0v) is 16.9. The Morgan fingerprint density at radius 1 is 1.03 bits per heavy atom. The van der Waals surface area contributed by atoms with Gasteiger partial charge in [0.05, 0.1) is 22.9 Å². The van der Waals surface area contributed by atoms with Gasteiger partial charge in [-0.25, -0.2) is 19.1 Å². The van der Waals surface area contributed by atoms with Crippen LogP contribution in [0.3, 0.4) is 0 Å². The van der Waals surface area contributed by atoms with Crippen molar-refractivity contribution in [2.24, 2.45) is 0 Å². The SMILES string of the molecule is O=C(O)c1nn(-c2ccc(Cl)cc2Cl)c(-c2ccc(Cl)cc2)c1Cn1cncn1. The van der Waals surface area contributed by atoms with Crippen molar-refractivity contribution >= 4 is 40.8 Å². The highest BCUT2D eigenvalue weighted by atomic mass is 35.5. The van der Waals surface area contributed by atoms with Crippen LogP contribution < -0.4 is 0 Å². The fourth-order valence-corrected chi connectivity index (χ4v) is 3.59. The highest BCUT2D eigenvalue weighted by molar-refractivity contribution is 6.35. The van der Waals surface area contributed by atoms with Crippen LogP contribution in [0.5, 0.6) is 0 Å². The number of carboxylic acids is 1. The van der Waals surface area contributed by atoms with E-state index in [0.29, 0.717) is 32.0 Å². The van der Waals surface area contributed by atoms with Gasteiger partial charge in [0.2, 0.25) is 0 Å². The summed E-state index contributed by atoms with van der Waals surface area (Å²) < 4.78 is 3.02. The minimum Gasteiger partial charge on any atom is -0.476 e. The summed E-state index contributed by atoms with van der Waals surface area (Å²) in [5.41, 5.74) is 2.11. The minimum absolute atomic E-state index is 0.114. The molecule has 0 saturated carbocycles. The Bertz CT molecular complexity index is 1190. The van der Waals surface area contributed by atoms with Crippen molar-refractivity contribution in [3.05, 3.63) is 81.4 Å². The summed E-state index contributed by atoms with van der Waals surface area (Å²) in [5.74, 6) is -1.17. The first kappa shape index (κ1) is 19.4. The van der Waals surface area contributed by atoms with Crippen molar-refractivity contribution in [2.45, 2.75) is 6.54 Å². The Labute approximate surface area is 180 Å². The molecule has 0 fully saturated rings. The van der Waals surface area contributed by atoms with Gasteiger partial charge in [0.25, 0.3) is 0 Å². The normalized spacial score (nSPS) is 11.0. The first-order valence-corrected chi connectivity index (χ1v) is 9.46. The number of benzene rings is 2. The molecule has 7 nitrogen and oxygen atoms in total. The molecule has 4 aromatic rings. The Morgan fingerprint density at radius 3 is 2.38 bits per heavy atom. The lowest BCUT2D eigenvalue weighted by Crippen LogP contribution is -2.07. The third kappa shape index (κ3) is 3.85. The number of aromatic carboxylic acids is 1. The summed E-state index contributed by atoms with van der Waals surface area (Å²) in [7, 11) is 0. The number of carboxylic acid groups (broad SMARTS) is 1. The van der Waals surface area contributed by atoms with Gasteiger partial charge in [-0.3, -0.25) is 0 Å². The molecule has 2 aromatic heterocycles. The van der Waals surface area contributed by atoms with E-state index in [-0.39, 0.29) is 12.2 Å². The van der Waals surface area contributed by atoms with Crippen LogP contribution in [0.25, 0.3) is 16.9 Å². The summed E-state index contributed by atoms with van der Waals surface area (Å²) >= 11 is 18.4. The Balaban J connectivity index is 2.01. The molecule has 2 heterocycles. The van der Waals surface area contributed by atoms with Gasteiger partial charge in [0.15, 0.2) is 5.69 Å². The van der Waals surface area contributed by atoms with Gasteiger partial charge < -0.3 is 5.11 Å². The van der Waals surface area contributed by atoms with Gasteiger partial charge >= 0.3 is 5.97 Å². The fraction of sp³-hybridized carbons (Fsp3) is 0.0526. The maximum Gasteiger partial charge on any atom is 0.356 e. The van der Waals surface area contributed by atoms with Gasteiger partial charge in [-0.15, -0.1) is 0 Å². The fourth-order valence-electron chi connectivity index (χ4n) is 2.98. The molecule has 0 aliphatic carbocycles. The second-order valence-electron chi connectivity index (χ2n) is 6.09. The van der Waals surface area contributed by atoms with Crippen molar-refractivity contribution in [2.75, 3.05) is 0 Å². The monoisotopic (exact) mass is 447 g/mol. The lowest BCUT2D eigenvalue weighted by molar-refractivity contribution is 0.0688. The maximum atomic E-state index is 12.0. The highest BCUT2D eigenvalue weighted by Gasteiger charge is 2.26. The third-order valence-corrected chi connectivity index (χ3v) is 5.02. The van der Waals surface area contributed by atoms with Crippen molar-refractivity contribution in [1.82, 2.24) is 24.5 Å². The Morgan fingerprint density at radius 2 is 1.76 bits per heavy atom. The molecule has 0 radical (unpaired) electrons. The smallest absolute Gasteiger partial charge is 0.356 e. The second kappa shape index (κ2) is 7.87.